The van der Waals surface area contributed by atoms with Gasteiger partial charge in [0.15, 0.2) is 0 Å². The van der Waals surface area contributed by atoms with Crippen molar-refractivity contribution in [1.29, 1.82) is 0 Å². The Balaban J connectivity index is 2.28. The van der Waals surface area contributed by atoms with Gasteiger partial charge < -0.3 is 74.9 Å². The van der Waals surface area contributed by atoms with Crippen molar-refractivity contribution in [3.63, 3.8) is 0 Å². The molecular weight excluding hydrogens is 935 g/mol. The van der Waals surface area contributed by atoms with Gasteiger partial charge in [0.25, 0.3) is 0 Å². The van der Waals surface area contributed by atoms with E-state index in [-0.39, 0.29) is 123 Å². The van der Waals surface area contributed by atoms with Gasteiger partial charge in [-0.2, -0.15) is 8.78 Å². The van der Waals surface area contributed by atoms with Crippen LogP contribution in [0, 0.1) is 29.1 Å². The number of benzene rings is 1. The van der Waals surface area contributed by atoms with Gasteiger partial charge in [-0.3, -0.25) is 28.8 Å². The fourth-order valence-corrected chi connectivity index (χ4v) is 5.36. The minimum Gasteiger partial charge on any atom is -0.420 e. The van der Waals surface area contributed by atoms with Gasteiger partial charge in [0.1, 0.15) is 6.04 Å². The standard InChI is InChI=1S/C43H69F5N6O15/c1-2-61-20-21-62-15-8-32(55)50-12-4-3-6-31(54-34(57)7-5-13-51-33(56)9-16-63-22-24-65-18-11-49)43(60)53-30-35(58)52-14-19-66-25-27-68-29-28-67-26-23-64-17-10-36(59)69-42-40(47)38(45)37(44)39(46)41(42)48/h31H,2-30,49H2,1H3,(H,50,55)(H,51,56)(H,52,58)(H,53,60)(H,54,57)/t31-/m0/s1. The number of nitrogens with two attached hydrogens (primary N) is 1. The summed E-state index contributed by atoms with van der Waals surface area (Å²) in [4.78, 5) is 74.3. The molecule has 1 atom stereocenters. The van der Waals surface area contributed by atoms with Crippen LogP contribution in [0.5, 0.6) is 5.75 Å². The molecule has 1 rings (SSSR count). The molecule has 0 saturated heterocycles. The number of halogens is 5. The average molecular weight is 1010 g/mol. The number of amides is 5. The second-order valence-corrected chi connectivity index (χ2v) is 14.4. The van der Waals surface area contributed by atoms with Crippen molar-refractivity contribution in [2.24, 2.45) is 5.73 Å². The van der Waals surface area contributed by atoms with Crippen LogP contribution in [0.3, 0.4) is 0 Å². The smallest absolute Gasteiger partial charge is 0.313 e. The third-order valence-electron chi connectivity index (χ3n) is 8.90. The molecule has 0 bridgehead atoms. The molecule has 0 fully saturated rings. The summed E-state index contributed by atoms with van der Waals surface area (Å²) in [6.45, 7) is 6.38. The predicted octanol–water partition coefficient (Wildman–Crippen LogP) is 0.469. The highest BCUT2D eigenvalue weighted by Crippen LogP contribution is 2.29. The Morgan fingerprint density at radius 2 is 0.913 bits per heavy atom. The topological polar surface area (TPSA) is 272 Å². The highest BCUT2D eigenvalue weighted by atomic mass is 19.2. The van der Waals surface area contributed by atoms with Gasteiger partial charge in [-0.25, -0.2) is 13.2 Å². The fraction of sp³-hybridized carbons (Fsp3) is 0.721. The average Bonchev–Trinajstić information content (AvgIpc) is 3.33. The van der Waals surface area contributed by atoms with Gasteiger partial charge in [-0.1, -0.05) is 0 Å². The zero-order valence-corrected chi connectivity index (χ0v) is 39.2. The van der Waals surface area contributed by atoms with Crippen LogP contribution in [-0.4, -0.2) is 180 Å². The lowest BCUT2D eigenvalue weighted by Crippen LogP contribution is -2.49. The summed E-state index contributed by atoms with van der Waals surface area (Å²) in [5.74, 6) is -16.3. The van der Waals surface area contributed by atoms with Crippen molar-refractivity contribution in [2.45, 2.75) is 64.3 Å². The molecule has 0 aliphatic rings. The first kappa shape index (κ1) is 62.3. The number of rotatable bonds is 44. The molecule has 0 aliphatic heterocycles. The minimum absolute atomic E-state index is 0.0111. The summed E-state index contributed by atoms with van der Waals surface area (Å²) in [7, 11) is 0. The molecular formula is C43H69F5N6O15. The van der Waals surface area contributed by atoms with Crippen molar-refractivity contribution in [3.8, 4) is 5.75 Å². The number of nitrogens with one attached hydrogen (secondary N) is 5. The molecule has 0 heterocycles. The van der Waals surface area contributed by atoms with Crippen molar-refractivity contribution < 1.29 is 93.4 Å². The van der Waals surface area contributed by atoms with E-state index in [1.165, 1.54) is 0 Å². The Kier molecular flexibility index (Phi) is 37.2. The summed E-state index contributed by atoms with van der Waals surface area (Å²) in [6.07, 6.45) is 1.34. The number of hydrogen-bond acceptors (Lipinski definition) is 16. The van der Waals surface area contributed by atoms with Crippen molar-refractivity contribution in [1.82, 2.24) is 26.6 Å². The first-order chi connectivity index (χ1) is 33.3. The second-order valence-electron chi connectivity index (χ2n) is 14.4. The number of carbonyl (C=O) groups is 6. The molecule has 0 spiro atoms. The highest BCUT2D eigenvalue weighted by Gasteiger charge is 2.28. The molecule has 0 radical (unpaired) electrons. The molecule has 7 N–H and O–H groups in total. The van der Waals surface area contributed by atoms with Gasteiger partial charge in [0.05, 0.1) is 112 Å². The van der Waals surface area contributed by atoms with E-state index in [2.05, 4.69) is 31.3 Å². The van der Waals surface area contributed by atoms with E-state index in [0.717, 1.165) is 0 Å². The zero-order valence-electron chi connectivity index (χ0n) is 39.2. The lowest BCUT2D eigenvalue weighted by atomic mass is 10.1. The molecule has 0 unspecified atom stereocenters. The monoisotopic (exact) mass is 1000 g/mol. The van der Waals surface area contributed by atoms with Crippen LogP contribution in [0.15, 0.2) is 0 Å². The molecule has 1 aromatic carbocycles. The van der Waals surface area contributed by atoms with Gasteiger partial charge in [0.2, 0.25) is 64.4 Å². The van der Waals surface area contributed by atoms with Gasteiger partial charge in [-0.15, -0.1) is 0 Å². The maximum Gasteiger partial charge on any atom is 0.313 e. The molecule has 5 amide bonds. The van der Waals surface area contributed by atoms with E-state index < -0.39 is 71.0 Å². The molecule has 396 valence electrons. The maximum absolute atomic E-state index is 13.6. The van der Waals surface area contributed by atoms with E-state index >= 15 is 0 Å². The molecule has 0 saturated carbocycles. The summed E-state index contributed by atoms with van der Waals surface area (Å²) >= 11 is 0. The summed E-state index contributed by atoms with van der Waals surface area (Å²) in [5.41, 5.74) is 5.34. The molecule has 26 heteroatoms. The molecule has 69 heavy (non-hydrogen) atoms. The Bertz CT molecular complexity index is 1610. The van der Waals surface area contributed by atoms with E-state index in [1.807, 2.05) is 6.92 Å². The normalized spacial score (nSPS) is 11.5. The van der Waals surface area contributed by atoms with Crippen molar-refractivity contribution in [2.75, 3.05) is 138 Å². The lowest BCUT2D eigenvalue weighted by Gasteiger charge is -2.19. The van der Waals surface area contributed by atoms with Crippen LogP contribution < -0.4 is 37.1 Å². The Hall–Kier alpha value is -4.67. The Morgan fingerprint density at radius 3 is 1.45 bits per heavy atom. The summed E-state index contributed by atoms with van der Waals surface area (Å²) in [6, 6.07) is -0.964. The maximum atomic E-state index is 13.6. The van der Waals surface area contributed by atoms with E-state index in [9.17, 15) is 50.7 Å². The van der Waals surface area contributed by atoms with Gasteiger partial charge in [-0.05, 0) is 32.6 Å². The quantitative estimate of drug-likeness (QED) is 0.0130. The number of ether oxygens (including phenoxy) is 9. The molecule has 1 aromatic rings. The number of esters is 1. The van der Waals surface area contributed by atoms with Gasteiger partial charge >= 0.3 is 5.97 Å². The predicted molar refractivity (Wildman–Crippen MR) is 234 cm³/mol. The van der Waals surface area contributed by atoms with Crippen LogP contribution in [0.4, 0.5) is 22.0 Å². The van der Waals surface area contributed by atoms with E-state index in [4.69, 9.17) is 43.6 Å². The van der Waals surface area contributed by atoms with Crippen LogP contribution >= 0.6 is 0 Å². The van der Waals surface area contributed by atoms with Crippen molar-refractivity contribution >= 4 is 35.5 Å². The SMILES string of the molecule is CCOCCOCCC(=O)NCCCC[C@H](NC(=O)CCCNC(=O)CCOCCOCCN)C(=O)NCC(=O)NCCOCCOCCOCCOCCC(=O)Oc1c(F)c(F)c(F)c(F)c1F. The lowest BCUT2D eigenvalue weighted by molar-refractivity contribution is -0.136. The van der Waals surface area contributed by atoms with Gasteiger partial charge in [0, 0.05) is 52.0 Å². The molecule has 0 aliphatic carbocycles. The zero-order chi connectivity index (χ0) is 50.9. The first-order valence-electron chi connectivity index (χ1n) is 22.7. The number of hydrogen-bond donors (Lipinski definition) is 6. The van der Waals surface area contributed by atoms with E-state index in [1.54, 1.807) is 0 Å². The van der Waals surface area contributed by atoms with Crippen LogP contribution in [-0.2, 0) is 66.7 Å². The number of unbranched alkanes of at least 4 members (excludes halogenated alkanes) is 1. The Labute approximate surface area is 398 Å². The summed E-state index contributed by atoms with van der Waals surface area (Å²) in [5, 5.41) is 13.4. The van der Waals surface area contributed by atoms with E-state index in [0.29, 0.717) is 72.0 Å². The third kappa shape index (κ3) is 32.0. The van der Waals surface area contributed by atoms with Crippen molar-refractivity contribution in [3.05, 3.63) is 29.1 Å². The molecule has 0 aromatic heterocycles. The minimum atomic E-state index is -2.38. The largest absolute Gasteiger partial charge is 0.420 e. The highest BCUT2D eigenvalue weighted by molar-refractivity contribution is 5.90. The summed E-state index contributed by atoms with van der Waals surface area (Å²) < 4.78 is 113. The molecule has 21 nitrogen and oxygen atoms in total. The van der Waals surface area contributed by atoms with Crippen LogP contribution in [0.2, 0.25) is 0 Å². The third-order valence-corrected chi connectivity index (χ3v) is 8.90. The number of carbonyl (C=O) groups excluding carboxylic acids is 6. The van der Waals surface area contributed by atoms with Crippen LogP contribution in [0.25, 0.3) is 0 Å². The van der Waals surface area contributed by atoms with Crippen LogP contribution in [0.1, 0.15) is 58.3 Å². The fourth-order valence-electron chi connectivity index (χ4n) is 5.36. The first-order valence-corrected chi connectivity index (χ1v) is 22.7. The second kappa shape index (κ2) is 41.1. The Morgan fingerprint density at radius 1 is 0.464 bits per heavy atom.